The van der Waals surface area contributed by atoms with Crippen LogP contribution < -0.4 is 5.32 Å². The Balaban J connectivity index is 1.52. The highest BCUT2D eigenvalue weighted by Crippen LogP contribution is 2.19. The van der Waals surface area contributed by atoms with Crippen LogP contribution in [0.1, 0.15) is 30.9 Å². The molecule has 3 rings (SSSR count). The van der Waals surface area contributed by atoms with Gasteiger partial charge in [-0.15, -0.1) is 0 Å². The molecule has 5 nitrogen and oxygen atoms in total. The molecule has 0 unspecified atom stereocenters. The van der Waals surface area contributed by atoms with Crippen molar-refractivity contribution in [2.45, 2.75) is 39.2 Å². The van der Waals surface area contributed by atoms with E-state index in [9.17, 15) is 0 Å². The zero-order valence-electron chi connectivity index (χ0n) is 15.6. The smallest absolute Gasteiger partial charge is 0.193 e. The Morgan fingerprint density at radius 2 is 2.16 bits per heavy atom. The molecule has 1 aromatic carbocycles. The van der Waals surface area contributed by atoms with Gasteiger partial charge in [-0.1, -0.05) is 12.1 Å². The standard InChI is InChI=1S/C20H30N4O/c1-4-25-17-8-11-24(12-9-17)20(21-3)22-10-7-16-14-23-19-13-15(2)5-6-18(16)19/h5-6,13-14,17,23H,4,7-12H2,1-3H3,(H,21,22). The molecule has 2 heterocycles. The molecule has 0 radical (unpaired) electrons. The van der Waals surface area contributed by atoms with Crippen molar-refractivity contribution in [1.82, 2.24) is 15.2 Å². The van der Waals surface area contributed by atoms with Crippen LogP contribution in [0.2, 0.25) is 0 Å². The molecule has 0 spiro atoms. The van der Waals surface area contributed by atoms with Gasteiger partial charge in [-0.05, 0) is 50.3 Å². The lowest BCUT2D eigenvalue weighted by atomic mass is 10.1. The lowest BCUT2D eigenvalue weighted by molar-refractivity contribution is 0.0264. The van der Waals surface area contributed by atoms with Gasteiger partial charge in [0.1, 0.15) is 0 Å². The number of ether oxygens (including phenoxy) is 1. The number of aliphatic imine (C=N–C) groups is 1. The number of benzene rings is 1. The van der Waals surface area contributed by atoms with Crippen LogP contribution in [0.5, 0.6) is 0 Å². The largest absolute Gasteiger partial charge is 0.378 e. The van der Waals surface area contributed by atoms with Crippen molar-refractivity contribution in [3.8, 4) is 0 Å². The van der Waals surface area contributed by atoms with Crippen LogP contribution in [0.15, 0.2) is 29.4 Å². The van der Waals surface area contributed by atoms with Crippen molar-refractivity contribution in [3.05, 3.63) is 35.5 Å². The molecule has 136 valence electrons. The summed E-state index contributed by atoms with van der Waals surface area (Å²) in [5, 5.41) is 4.84. The summed E-state index contributed by atoms with van der Waals surface area (Å²) in [7, 11) is 1.87. The third-order valence-corrected chi connectivity index (χ3v) is 4.96. The Morgan fingerprint density at radius 1 is 1.36 bits per heavy atom. The zero-order chi connectivity index (χ0) is 17.6. The zero-order valence-corrected chi connectivity index (χ0v) is 15.6. The van der Waals surface area contributed by atoms with Gasteiger partial charge in [0.2, 0.25) is 0 Å². The summed E-state index contributed by atoms with van der Waals surface area (Å²) in [6.45, 7) is 7.91. The van der Waals surface area contributed by atoms with Gasteiger partial charge in [0.05, 0.1) is 6.10 Å². The number of nitrogens with one attached hydrogen (secondary N) is 2. The number of aromatic amines is 1. The van der Waals surface area contributed by atoms with Crippen molar-refractivity contribution >= 4 is 16.9 Å². The first-order valence-corrected chi connectivity index (χ1v) is 9.35. The van der Waals surface area contributed by atoms with Crippen molar-refractivity contribution in [3.63, 3.8) is 0 Å². The van der Waals surface area contributed by atoms with E-state index < -0.39 is 0 Å². The summed E-state index contributed by atoms with van der Waals surface area (Å²) in [5.74, 6) is 1.01. The fraction of sp³-hybridized carbons (Fsp3) is 0.550. The number of nitrogens with zero attached hydrogens (tertiary/aromatic N) is 2. The quantitative estimate of drug-likeness (QED) is 0.648. The second kappa shape index (κ2) is 8.39. The minimum atomic E-state index is 0.411. The molecule has 1 aliphatic heterocycles. The van der Waals surface area contributed by atoms with E-state index in [1.807, 2.05) is 7.05 Å². The number of piperidine rings is 1. The first-order valence-electron chi connectivity index (χ1n) is 9.35. The monoisotopic (exact) mass is 342 g/mol. The first kappa shape index (κ1) is 17.8. The van der Waals surface area contributed by atoms with Gasteiger partial charge < -0.3 is 19.9 Å². The van der Waals surface area contributed by atoms with E-state index in [-0.39, 0.29) is 0 Å². The Bertz CT molecular complexity index is 714. The minimum absolute atomic E-state index is 0.411. The molecule has 2 N–H and O–H groups in total. The SMILES string of the molecule is CCOC1CCN(C(=NC)NCCc2c[nH]c3cc(C)ccc23)CC1. The number of hydrogen-bond donors (Lipinski definition) is 2. The molecule has 0 amide bonds. The van der Waals surface area contributed by atoms with Crippen LogP contribution in [-0.2, 0) is 11.2 Å². The third-order valence-electron chi connectivity index (χ3n) is 4.96. The minimum Gasteiger partial charge on any atom is -0.378 e. The van der Waals surface area contributed by atoms with Crippen LogP contribution in [0, 0.1) is 6.92 Å². The predicted octanol–water partition coefficient (Wildman–Crippen LogP) is 3.10. The van der Waals surface area contributed by atoms with Crippen LogP contribution in [0.3, 0.4) is 0 Å². The lowest BCUT2D eigenvalue weighted by Gasteiger charge is -2.34. The van der Waals surface area contributed by atoms with E-state index in [0.717, 1.165) is 51.5 Å². The number of likely N-dealkylation sites (tertiary alicyclic amines) is 1. The molecule has 1 saturated heterocycles. The molecule has 5 heteroatoms. The molecular formula is C20H30N4O. The van der Waals surface area contributed by atoms with Gasteiger partial charge in [0.15, 0.2) is 5.96 Å². The Morgan fingerprint density at radius 3 is 2.88 bits per heavy atom. The number of H-pyrrole nitrogens is 1. The maximum absolute atomic E-state index is 5.73. The summed E-state index contributed by atoms with van der Waals surface area (Å²) >= 11 is 0. The number of hydrogen-bond acceptors (Lipinski definition) is 2. The van der Waals surface area contributed by atoms with E-state index in [2.05, 4.69) is 58.4 Å². The second-order valence-electron chi connectivity index (χ2n) is 6.73. The topological polar surface area (TPSA) is 52.6 Å². The molecule has 2 aromatic rings. The van der Waals surface area contributed by atoms with Crippen molar-refractivity contribution in [2.24, 2.45) is 4.99 Å². The summed E-state index contributed by atoms with van der Waals surface area (Å²) in [4.78, 5) is 10.2. The van der Waals surface area contributed by atoms with E-state index in [1.54, 1.807) is 0 Å². The second-order valence-corrected chi connectivity index (χ2v) is 6.73. The number of rotatable bonds is 5. The average molecular weight is 342 g/mol. The number of fused-ring (bicyclic) bond motifs is 1. The number of guanidine groups is 1. The molecule has 0 saturated carbocycles. The summed E-state index contributed by atoms with van der Waals surface area (Å²) in [6, 6.07) is 6.59. The third kappa shape index (κ3) is 4.34. The van der Waals surface area contributed by atoms with Crippen LogP contribution in [0.25, 0.3) is 10.9 Å². The van der Waals surface area contributed by atoms with Crippen molar-refractivity contribution in [1.29, 1.82) is 0 Å². The lowest BCUT2D eigenvalue weighted by Crippen LogP contribution is -2.47. The highest BCUT2D eigenvalue weighted by Gasteiger charge is 2.21. The van der Waals surface area contributed by atoms with Gasteiger partial charge in [-0.3, -0.25) is 4.99 Å². The molecule has 0 aliphatic carbocycles. The Kier molecular flexibility index (Phi) is 5.97. The molecule has 1 fully saturated rings. The van der Waals surface area contributed by atoms with E-state index >= 15 is 0 Å². The summed E-state index contributed by atoms with van der Waals surface area (Å²) in [5.41, 5.74) is 3.86. The molecule has 25 heavy (non-hydrogen) atoms. The van der Waals surface area contributed by atoms with Gasteiger partial charge in [-0.2, -0.15) is 0 Å². The van der Waals surface area contributed by atoms with E-state index in [0.29, 0.717) is 6.10 Å². The Labute approximate surface area is 150 Å². The highest BCUT2D eigenvalue weighted by molar-refractivity contribution is 5.84. The van der Waals surface area contributed by atoms with Crippen LogP contribution in [0.4, 0.5) is 0 Å². The molecule has 1 aromatic heterocycles. The van der Waals surface area contributed by atoms with Gasteiger partial charge >= 0.3 is 0 Å². The predicted molar refractivity (Wildman–Crippen MR) is 104 cm³/mol. The Hall–Kier alpha value is -2.01. The van der Waals surface area contributed by atoms with Crippen molar-refractivity contribution < 1.29 is 4.74 Å². The highest BCUT2D eigenvalue weighted by atomic mass is 16.5. The van der Waals surface area contributed by atoms with Gasteiger partial charge in [0.25, 0.3) is 0 Å². The summed E-state index contributed by atoms with van der Waals surface area (Å²) in [6.07, 6.45) is 5.68. The molecule has 1 aliphatic rings. The average Bonchev–Trinajstić information content (AvgIpc) is 3.02. The summed E-state index contributed by atoms with van der Waals surface area (Å²) < 4.78 is 5.73. The normalized spacial score (nSPS) is 16.6. The van der Waals surface area contributed by atoms with E-state index in [1.165, 1.54) is 22.0 Å². The maximum Gasteiger partial charge on any atom is 0.193 e. The van der Waals surface area contributed by atoms with Gasteiger partial charge in [-0.25, -0.2) is 0 Å². The van der Waals surface area contributed by atoms with Gasteiger partial charge in [0, 0.05) is 50.4 Å². The van der Waals surface area contributed by atoms with E-state index in [4.69, 9.17) is 4.74 Å². The number of aryl methyl sites for hydroxylation is 1. The van der Waals surface area contributed by atoms with Crippen molar-refractivity contribution in [2.75, 3.05) is 33.3 Å². The fourth-order valence-electron chi connectivity index (χ4n) is 3.62. The van der Waals surface area contributed by atoms with Crippen LogP contribution in [-0.4, -0.2) is 55.2 Å². The number of aromatic nitrogens is 1. The molecule has 0 bridgehead atoms. The fourth-order valence-corrected chi connectivity index (χ4v) is 3.62. The van der Waals surface area contributed by atoms with Crippen LogP contribution >= 0.6 is 0 Å². The molecule has 0 atom stereocenters. The maximum atomic E-state index is 5.73. The first-order chi connectivity index (χ1) is 12.2. The molecular weight excluding hydrogens is 312 g/mol.